The molecule has 0 bridgehead atoms. The highest BCUT2D eigenvalue weighted by atomic mass is 35.5. The maximum absolute atomic E-state index is 12.8. The van der Waals surface area contributed by atoms with Crippen LogP contribution in [0.25, 0.3) is 0 Å². The van der Waals surface area contributed by atoms with Crippen molar-refractivity contribution in [2.24, 2.45) is 0 Å². The smallest absolute Gasteiger partial charge is 0.416 e. The lowest BCUT2D eigenvalue weighted by Gasteiger charge is -2.12. The third kappa shape index (κ3) is 4.10. The largest absolute Gasteiger partial charge is 0.454 e. The zero-order valence-electron chi connectivity index (χ0n) is 13.1. The molecule has 0 aromatic heterocycles. The molecule has 0 radical (unpaired) electrons. The van der Waals surface area contributed by atoms with E-state index in [1.807, 2.05) is 5.43 Å². The Kier molecular flexibility index (Phi) is 4.93. The molecule has 1 heterocycles. The Hall–Kier alpha value is -2.50. The summed E-state index contributed by atoms with van der Waals surface area (Å²) in [4.78, 5) is 13.0. The van der Waals surface area contributed by atoms with E-state index >= 15 is 0 Å². The van der Waals surface area contributed by atoms with Gasteiger partial charge in [-0.2, -0.15) is 13.2 Å². The lowest BCUT2D eigenvalue weighted by molar-refractivity contribution is -0.137. The summed E-state index contributed by atoms with van der Waals surface area (Å²) < 4.78 is 73.0. The molecule has 2 N–H and O–H groups in total. The van der Waals surface area contributed by atoms with Crippen LogP contribution in [0.4, 0.5) is 13.2 Å². The minimum absolute atomic E-state index is 0.0128. The normalized spacial score (nSPS) is 13.5. The SMILES string of the molecule is O=C(NNS(=O)(=O)c1cc(C(F)(F)F)ccc1Cl)c1ccc2c(c1)OCO2. The Morgan fingerprint density at radius 1 is 1.07 bits per heavy atom. The number of amides is 1. The topological polar surface area (TPSA) is 93.7 Å². The third-order valence-electron chi connectivity index (χ3n) is 3.48. The fourth-order valence-electron chi connectivity index (χ4n) is 2.16. The van der Waals surface area contributed by atoms with E-state index < -0.39 is 37.6 Å². The zero-order chi connectivity index (χ0) is 19.8. The van der Waals surface area contributed by atoms with Crippen LogP contribution < -0.4 is 19.7 Å². The fraction of sp³-hybridized carbons (Fsp3) is 0.133. The van der Waals surface area contributed by atoms with E-state index in [4.69, 9.17) is 21.1 Å². The first-order chi connectivity index (χ1) is 12.6. The number of hydrogen-bond acceptors (Lipinski definition) is 5. The molecule has 2 aromatic carbocycles. The molecule has 0 saturated heterocycles. The lowest BCUT2D eigenvalue weighted by Crippen LogP contribution is -2.41. The highest BCUT2D eigenvalue weighted by Crippen LogP contribution is 2.34. The maximum atomic E-state index is 12.8. The number of halogens is 4. The Morgan fingerprint density at radius 3 is 2.48 bits per heavy atom. The lowest BCUT2D eigenvalue weighted by atomic mass is 10.2. The van der Waals surface area contributed by atoms with Gasteiger partial charge in [0.1, 0.15) is 4.90 Å². The van der Waals surface area contributed by atoms with Crippen LogP contribution in [0, 0.1) is 0 Å². The van der Waals surface area contributed by atoms with Crippen LogP contribution in [0.5, 0.6) is 11.5 Å². The van der Waals surface area contributed by atoms with Crippen molar-refractivity contribution in [2.45, 2.75) is 11.1 Å². The quantitative estimate of drug-likeness (QED) is 0.739. The molecular weight excluding hydrogens is 413 g/mol. The molecule has 3 rings (SSSR count). The number of fused-ring (bicyclic) bond motifs is 1. The number of rotatable bonds is 4. The van der Waals surface area contributed by atoms with E-state index in [0.29, 0.717) is 23.6 Å². The molecule has 12 heteroatoms. The number of sulfonamides is 1. The van der Waals surface area contributed by atoms with Crippen molar-refractivity contribution < 1.29 is 35.9 Å². The molecular formula is C15H10ClF3N2O5S. The summed E-state index contributed by atoms with van der Waals surface area (Å²) >= 11 is 5.70. The van der Waals surface area contributed by atoms with Crippen molar-refractivity contribution in [2.75, 3.05) is 6.79 Å². The molecule has 1 aliphatic rings. The molecule has 1 aliphatic heterocycles. The first kappa shape index (κ1) is 19.3. The molecule has 27 heavy (non-hydrogen) atoms. The molecule has 144 valence electrons. The summed E-state index contributed by atoms with van der Waals surface area (Å²) in [5, 5.41) is -0.437. The number of benzene rings is 2. The number of ether oxygens (including phenoxy) is 2. The van der Waals surface area contributed by atoms with Gasteiger partial charge in [0.25, 0.3) is 15.9 Å². The fourth-order valence-corrected chi connectivity index (χ4v) is 3.53. The van der Waals surface area contributed by atoms with E-state index in [0.717, 1.165) is 6.07 Å². The van der Waals surface area contributed by atoms with Crippen molar-refractivity contribution in [1.29, 1.82) is 0 Å². The average Bonchev–Trinajstić information content (AvgIpc) is 3.06. The molecule has 0 saturated carbocycles. The summed E-state index contributed by atoms with van der Waals surface area (Å²) in [5.41, 5.74) is 0.740. The maximum Gasteiger partial charge on any atom is 0.416 e. The van der Waals surface area contributed by atoms with Gasteiger partial charge in [-0.3, -0.25) is 10.2 Å². The average molecular weight is 423 g/mol. The van der Waals surface area contributed by atoms with Gasteiger partial charge in [0.2, 0.25) is 6.79 Å². The first-order valence-electron chi connectivity index (χ1n) is 7.16. The number of carbonyl (C=O) groups excluding carboxylic acids is 1. The number of nitrogens with one attached hydrogen (secondary N) is 2. The van der Waals surface area contributed by atoms with Gasteiger partial charge in [0, 0.05) is 5.56 Å². The van der Waals surface area contributed by atoms with E-state index in [1.54, 1.807) is 4.83 Å². The van der Waals surface area contributed by atoms with Crippen molar-refractivity contribution in [1.82, 2.24) is 10.3 Å². The van der Waals surface area contributed by atoms with Crippen LogP contribution in [0.1, 0.15) is 15.9 Å². The van der Waals surface area contributed by atoms with Gasteiger partial charge in [-0.05, 0) is 36.4 Å². The summed E-state index contributed by atoms with van der Waals surface area (Å²) in [6, 6.07) is 5.95. The van der Waals surface area contributed by atoms with E-state index in [2.05, 4.69) is 0 Å². The van der Waals surface area contributed by atoms with Crippen molar-refractivity contribution >= 4 is 27.5 Å². The van der Waals surface area contributed by atoms with Gasteiger partial charge in [-0.25, -0.2) is 8.42 Å². The van der Waals surface area contributed by atoms with Crippen LogP contribution in [-0.4, -0.2) is 21.1 Å². The van der Waals surface area contributed by atoms with Gasteiger partial charge < -0.3 is 9.47 Å². The predicted molar refractivity (Wildman–Crippen MR) is 86.8 cm³/mol. The number of carbonyl (C=O) groups is 1. The number of hydrogen-bond donors (Lipinski definition) is 2. The third-order valence-corrected chi connectivity index (χ3v) is 5.21. The Morgan fingerprint density at radius 2 is 1.78 bits per heavy atom. The monoisotopic (exact) mass is 422 g/mol. The predicted octanol–water partition coefficient (Wildman–Crippen LogP) is 2.71. The molecule has 0 unspecified atom stereocenters. The van der Waals surface area contributed by atoms with Crippen LogP contribution in [0.2, 0.25) is 5.02 Å². The molecule has 1 amide bonds. The van der Waals surface area contributed by atoms with E-state index in [9.17, 15) is 26.4 Å². The summed E-state index contributed by atoms with van der Waals surface area (Å²) in [6.45, 7) is -0.0128. The second-order valence-electron chi connectivity index (χ2n) is 5.27. The highest BCUT2D eigenvalue weighted by Gasteiger charge is 2.33. The zero-order valence-corrected chi connectivity index (χ0v) is 14.7. The number of alkyl halides is 3. The van der Waals surface area contributed by atoms with Gasteiger partial charge in [-0.15, -0.1) is 4.83 Å². The van der Waals surface area contributed by atoms with Crippen LogP contribution in [0.3, 0.4) is 0 Å². The van der Waals surface area contributed by atoms with Crippen molar-refractivity contribution in [3.63, 3.8) is 0 Å². The van der Waals surface area contributed by atoms with Crippen LogP contribution >= 0.6 is 11.6 Å². The Bertz CT molecular complexity index is 1010. The van der Waals surface area contributed by atoms with E-state index in [-0.39, 0.29) is 12.4 Å². The molecule has 0 spiro atoms. The van der Waals surface area contributed by atoms with Gasteiger partial charge >= 0.3 is 6.18 Å². The second kappa shape index (κ2) is 6.91. The minimum Gasteiger partial charge on any atom is -0.454 e. The summed E-state index contributed by atoms with van der Waals surface area (Å²) in [5.74, 6) is -0.144. The second-order valence-corrected chi connectivity index (χ2v) is 7.33. The molecule has 0 aliphatic carbocycles. The standard InChI is InChI=1S/C15H10ClF3N2O5S/c16-10-3-2-9(15(17,18)19)6-13(10)27(23,24)21-20-14(22)8-1-4-11-12(5-8)26-7-25-11/h1-6,21H,7H2,(H,20,22). The molecule has 2 aromatic rings. The molecule has 0 atom stereocenters. The Balaban J connectivity index is 1.78. The molecule has 7 nitrogen and oxygen atoms in total. The van der Waals surface area contributed by atoms with Gasteiger partial charge in [0.15, 0.2) is 11.5 Å². The Labute approximate surface area is 156 Å². The minimum atomic E-state index is -4.76. The number of hydrazine groups is 1. The van der Waals surface area contributed by atoms with Gasteiger partial charge in [-0.1, -0.05) is 11.6 Å². The summed E-state index contributed by atoms with van der Waals surface area (Å²) in [6.07, 6.45) is -4.76. The first-order valence-corrected chi connectivity index (χ1v) is 9.02. The van der Waals surface area contributed by atoms with Crippen LogP contribution in [-0.2, 0) is 16.2 Å². The summed E-state index contributed by atoms with van der Waals surface area (Å²) in [7, 11) is -4.56. The van der Waals surface area contributed by atoms with Gasteiger partial charge in [0.05, 0.1) is 10.6 Å². The van der Waals surface area contributed by atoms with Crippen molar-refractivity contribution in [3.8, 4) is 11.5 Å². The van der Waals surface area contributed by atoms with Crippen molar-refractivity contribution in [3.05, 3.63) is 52.5 Å². The van der Waals surface area contributed by atoms with E-state index in [1.165, 1.54) is 18.2 Å². The molecule has 0 fully saturated rings. The van der Waals surface area contributed by atoms with Crippen LogP contribution in [0.15, 0.2) is 41.3 Å². The highest BCUT2D eigenvalue weighted by molar-refractivity contribution is 7.89.